The lowest BCUT2D eigenvalue weighted by Gasteiger charge is -2.33. The summed E-state index contributed by atoms with van der Waals surface area (Å²) in [6.07, 6.45) is -2.75. The maximum atomic E-state index is 13.5. The molecule has 2 atom stereocenters. The molecule has 2 amide bonds. The quantitative estimate of drug-likeness (QED) is 0.130. The third-order valence-electron chi connectivity index (χ3n) is 12.3. The van der Waals surface area contributed by atoms with Crippen LogP contribution in [0.3, 0.4) is 0 Å². The van der Waals surface area contributed by atoms with Crippen LogP contribution in [0.15, 0.2) is 120 Å². The molecule has 74 heavy (non-hydrogen) atoms. The van der Waals surface area contributed by atoms with Gasteiger partial charge < -0.3 is 28.7 Å². The van der Waals surface area contributed by atoms with Crippen molar-refractivity contribution in [3.05, 3.63) is 143 Å². The Morgan fingerprint density at radius 2 is 0.892 bits per heavy atom. The monoisotopic (exact) mass is 1070 g/mol. The Morgan fingerprint density at radius 3 is 1.26 bits per heavy atom. The number of aromatic nitrogens is 4. The number of ether oxygens (including phenoxy) is 4. The van der Waals surface area contributed by atoms with Gasteiger partial charge in [-0.3, -0.25) is 9.59 Å². The number of halogens is 6. The van der Waals surface area contributed by atoms with Crippen LogP contribution in [0, 0.1) is 0 Å². The molecule has 6 aromatic rings. The van der Waals surface area contributed by atoms with E-state index in [0.29, 0.717) is 35.1 Å². The zero-order valence-corrected chi connectivity index (χ0v) is 40.1. The number of carbonyl (C=O) groups excluding carboxylic acids is 2. The van der Waals surface area contributed by atoms with E-state index in [1.54, 1.807) is 24.3 Å². The van der Waals surface area contributed by atoms with Gasteiger partial charge in [-0.15, -0.1) is 0 Å². The summed E-state index contributed by atoms with van der Waals surface area (Å²) in [5.74, 6) is -1.35. The van der Waals surface area contributed by atoms with Gasteiger partial charge in [-0.25, -0.2) is 46.2 Å². The van der Waals surface area contributed by atoms with E-state index in [2.05, 4.69) is 29.4 Å². The summed E-state index contributed by atoms with van der Waals surface area (Å²) in [5.41, 5.74) is 0.798. The second kappa shape index (κ2) is 20.8. The molecule has 18 nitrogen and oxygen atoms in total. The second-order valence-corrected chi connectivity index (χ2v) is 20.2. The van der Waals surface area contributed by atoms with Crippen molar-refractivity contribution in [2.75, 3.05) is 72.0 Å². The Hall–Kier alpha value is -7.42. The first-order chi connectivity index (χ1) is 35.3. The molecule has 26 heteroatoms. The molecule has 2 saturated heterocycles. The van der Waals surface area contributed by atoms with E-state index in [-0.39, 0.29) is 97.3 Å². The molecule has 0 bridgehead atoms. The normalized spacial score (nSPS) is 18.2. The Balaban J connectivity index is 0.000000182. The topological polar surface area (TPSA) is 221 Å². The summed E-state index contributed by atoms with van der Waals surface area (Å²) < 4.78 is 159. The molecule has 4 aliphatic rings. The molecule has 4 aromatic carbocycles. The molecule has 0 radical (unpaired) electrons. The molecule has 2 N–H and O–H groups in total. The molecule has 4 aliphatic heterocycles. The number of hydrogen-bond donors (Lipinski definition) is 2. The molecule has 2 aromatic heterocycles. The lowest BCUT2D eigenvalue weighted by molar-refractivity contribution is -0.138. The van der Waals surface area contributed by atoms with E-state index in [1.165, 1.54) is 71.0 Å². The van der Waals surface area contributed by atoms with Gasteiger partial charge in [0.1, 0.15) is 24.7 Å². The van der Waals surface area contributed by atoms with Crippen LogP contribution >= 0.6 is 0 Å². The molecule has 0 saturated carbocycles. The zero-order valence-electron chi connectivity index (χ0n) is 38.5. The van der Waals surface area contributed by atoms with E-state index in [1.807, 2.05) is 0 Å². The van der Waals surface area contributed by atoms with Gasteiger partial charge in [0.2, 0.25) is 11.9 Å². The number of rotatable bonds is 10. The number of nitrogens with one attached hydrogen (secondary N) is 2. The van der Waals surface area contributed by atoms with Gasteiger partial charge in [0.05, 0.1) is 47.3 Å². The minimum atomic E-state index is -4.59. The van der Waals surface area contributed by atoms with Crippen molar-refractivity contribution in [3.63, 3.8) is 0 Å². The Kier molecular flexibility index (Phi) is 14.5. The predicted octanol–water partition coefficient (Wildman–Crippen LogP) is 7.15. The largest absolute Gasteiger partial charge is 0.493 e. The lowest BCUT2D eigenvalue weighted by Crippen LogP contribution is -2.42. The number of alkyl halides is 6. The van der Waals surface area contributed by atoms with E-state index in [9.17, 15) is 52.8 Å². The number of nitrogens with zero attached hydrogens (tertiary/aromatic N) is 6. The number of benzene rings is 4. The third kappa shape index (κ3) is 11.2. The highest BCUT2D eigenvalue weighted by Crippen LogP contribution is 2.47. The average Bonchev–Trinajstić information content (AvgIpc) is 3.38. The number of morpholine rings is 2. The molecule has 0 unspecified atom stereocenters. The van der Waals surface area contributed by atoms with Gasteiger partial charge in [-0.2, -0.15) is 26.3 Å². The van der Waals surface area contributed by atoms with Crippen molar-refractivity contribution in [3.8, 4) is 11.5 Å². The number of fused-ring (bicyclic) bond motifs is 2. The number of sulfonamides is 2. The molecule has 0 aliphatic carbocycles. The number of hydrogen-bond acceptors (Lipinski definition) is 14. The summed E-state index contributed by atoms with van der Waals surface area (Å²) in [5, 5.41) is 0. The van der Waals surface area contributed by atoms with Crippen molar-refractivity contribution in [2.45, 2.75) is 46.8 Å². The first-order valence-electron chi connectivity index (χ1n) is 22.6. The van der Waals surface area contributed by atoms with Crippen LogP contribution in [-0.4, -0.2) is 101 Å². The maximum Gasteiger partial charge on any atom is 0.416 e. The number of carbonyl (C=O) groups is 2. The SMILES string of the molecule is O=C1COCCN1c1cc(C(F)(F)F)ccc1[C@@H]1CCOc2cc(S(=O)(=O)Nc3ncccn3)ccc21.O=C1COCCN1c1cc(C(F)(F)F)ccc1[C@H]1CCOc2cc(S(=O)(=O)Nc3ncccn3)ccc21. The van der Waals surface area contributed by atoms with Crippen LogP contribution in [-0.2, 0) is 51.5 Å². The van der Waals surface area contributed by atoms with Crippen LogP contribution in [0.5, 0.6) is 11.5 Å². The zero-order chi connectivity index (χ0) is 52.4. The second-order valence-electron chi connectivity index (χ2n) is 16.9. The maximum absolute atomic E-state index is 13.5. The fourth-order valence-electron chi connectivity index (χ4n) is 8.82. The van der Waals surface area contributed by atoms with Crippen molar-refractivity contribution < 1.29 is 71.7 Å². The molecular formula is C48H42F6N8O10S2. The van der Waals surface area contributed by atoms with E-state index in [0.717, 1.165) is 24.3 Å². The first kappa shape index (κ1) is 51.5. The van der Waals surface area contributed by atoms with Gasteiger partial charge >= 0.3 is 12.4 Å². The molecule has 388 valence electrons. The first-order valence-corrected chi connectivity index (χ1v) is 25.5. The highest BCUT2D eigenvalue weighted by Gasteiger charge is 2.38. The molecule has 2 fully saturated rings. The molecule has 10 rings (SSSR count). The average molecular weight is 1070 g/mol. The molecular weight excluding hydrogens is 1030 g/mol. The summed E-state index contributed by atoms with van der Waals surface area (Å²) >= 11 is 0. The van der Waals surface area contributed by atoms with E-state index >= 15 is 0 Å². The van der Waals surface area contributed by atoms with Gasteiger partial charge in [0.15, 0.2) is 0 Å². The van der Waals surface area contributed by atoms with E-state index in [4.69, 9.17) is 18.9 Å². The van der Waals surface area contributed by atoms with Crippen molar-refractivity contribution in [1.29, 1.82) is 0 Å². The summed E-state index contributed by atoms with van der Waals surface area (Å²) in [4.78, 5) is 43.0. The van der Waals surface area contributed by atoms with Crippen LogP contribution in [0.4, 0.5) is 49.6 Å². The van der Waals surface area contributed by atoms with Crippen molar-refractivity contribution in [1.82, 2.24) is 19.9 Å². The lowest BCUT2D eigenvalue weighted by atomic mass is 9.85. The minimum absolute atomic E-state index is 0.0876. The highest BCUT2D eigenvalue weighted by molar-refractivity contribution is 7.93. The fourth-order valence-corrected chi connectivity index (χ4v) is 10.8. The predicted molar refractivity (Wildman–Crippen MR) is 252 cm³/mol. The third-order valence-corrected chi connectivity index (χ3v) is 14.9. The highest BCUT2D eigenvalue weighted by atomic mass is 32.2. The van der Waals surface area contributed by atoms with Gasteiger partial charge in [0, 0.05) is 84.3 Å². The summed E-state index contributed by atoms with van der Waals surface area (Å²) in [7, 11) is -8.06. The fraction of sp³-hybridized carbons (Fsp3) is 0.292. The van der Waals surface area contributed by atoms with E-state index < -0.39 is 67.2 Å². The number of amides is 2. The molecule has 6 heterocycles. The van der Waals surface area contributed by atoms with Crippen LogP contribution < -0.4 is 28.7 Å². The molecule has 0 spiro atoms. The van der Waals surface area contributed by atoms with Gasteiger partial charge in [-0.05, 0) is 72.5 Å². The minimum Gasteiger partial charge on any atom is -0.493 e. The van der Waals surface area contributed by atoms with Crippen LogP contribution in [0.25, 0.3) is 0 Å². The summed E-state index contributed by atoms with van der Waals surface area (Å²) in [6.45, 7) is 0.595. The van der Waals surface area contributed by atoms with Gasteiger partial charge in [-0.1, -0.05) is 24.3 Å². The van der Waals surface area contributed by atoms with Crippen LogP contribution in [0.1, 0.15) is 58.1 Å². The standard InChI is InChI=1S/2C24H21F3N4O5S/c2*25-24(26,27)15-2-4-18(20(12-15)31-9-11-35-14-22(31)32)17-6-10-36-21-13-16(3-5-19(17)21)37(33,34)30-23-28-7-1-8-29-23/h2*1-5,7-8,12-13,17H,6,9-11,14H2,(H,28,29,30)/t2*17-/m10/s1. The smallest absolute Gasteiger partial charge is 0.416 e. The Morgan fingerprint density at radius 1 is 0.514 bits per heavy atom. The summed E-state index contributed by atoms with van der Waals surface area (Å²) in [6, 6.07) is 18.4. The van der Waals surface area contributed by atoms with Crippen molar-refractivity contribution in [2.24, 2.45) is 0 Å². The Labute approximate surface area is 418 Å². The Bertz CT molecular complexity index is 3090. The van der Waals surface area contributed by atoms with Gasteiger partial charge in [0.25, 0.3) is 31.9 Å². The van der Waals surface area contributed by atoms with Crippen molar-refractivity contribution >= 4 is 55.1 Å². The van der Waals surface area contributed by atoms with Crippen LogP contribution in [0.2, 0.25) is 0 Å². The number of anilines is 4.